The number of nitrogens with one attached hydrogen (secondary N) is 1. The lowest BCUT2D eigenvalue weighted by Gasteiger charge is -2.04. The van der Waals surface area contributed by atoms with Crippen molar-refractivity contribution in [2.75, 3.05) is 12.4 Å². The van der Waals surface area contributed by atoms with Crippen molar-refractivity contribution in [2.45, 2.75) is 6.54 Å². The topological polar surface area (TPSA) is 55.6 Å². The van der Waals surface area contributed by atoms with Crippen molar-refractivity contribution >= 4 is 16.9 Å². The van der Waals surface area contributed by atoms with Gasteiger partial charge in [-0.2, -0.15) is 5.10 Å². The van der Waals surface area contributed by atoms with E-state index in [1.54, 1.807) is 30.1 Å². The van der Waals surface area contributed by atoms with Crippen LogP contribution in [0.3, 0.4) is 0 Å². The number of hydrogen-bond acceptors (Lipinski definition) is 4. The molecule has 6 heteroatoms. The van der Waals surface area contributed by atoms with E-state index in [1.807, 2.05) is 0 Å². The van der Waals surface area contributed by atoms with Gasteiger partial charge < -0.3 is 5.32 Å². The molecule has 1 N–H and O–H groups in total. The monoisotopic (exact) mass is 257 g/mol. The molecule has 0 spiro atoms. The highest BCUT2D eigenvalue weighted by atomic mass is 19.1. The van der Waals surface area contributed by atoms with E-state index < -0.39 is 0 Å². The van der Waals surface area contributed by atoms with Crippen LogP contribution in [0.1, 0.15) is 5.56 Å². The first-order valence-corrected chi connectivity index (χ1v) is 5.86. The molecule has 5 nitrogen and oxygen atoms in total. The Kier molecular flexibility index (Phi) is 2.83. The summed E-state index contributed by atoms with van der Waals surface area (Å²) in [5.74, 6) is 0.504. The lowest BCUT2D eigenvalue weighted by Crippen LogP contribution is -2.03. The van der Waals surface area contributed by atoms with Crippen LogP contribution in [-0.2, 0) is 6.54 Å². The Bertz CT molecular complexity index is 705. The van der Waals surface area contributed by atoms with Crippen LogP contribution in [0.5, 0.6) is 0 Å². The van der Waals surface area contributed by atoms with E-state index >= 15 is 0 Å². The molecule has 0 saturated carbocycles. The van der Waals surface area contributed by atoms with Crippen LogP contribution in [0.15, 0.2) is 36.8 Å². The molecule has 2 heterocycles. The number of fused-ring (bicyclic) bond motifs is 1. The second-order valence-electron chi connectivity index (χ2n) is 4.14. The van der Waals surface area contributed by atoms with Crippen molar-refractivity contribution in [2.24, 2.45) is 0 Å². The van der Waals surface area contributed by atoms with Crippen LogP contribution in [0, 0.1) is 5.82 Å². The molecular formula is C13H12FN5. The van der Waals surface area contributed by atoms with Crippen LogP contribution in [0.4, 0.5) is 10.2 Å². The van der Waals surface area contributed by atoms with E-state index in [1.165, 1.54) is 18.5 Å². The Balaban J connectivity index is 1.99. The van der Waals surface area contributed by atoms with Gasteiger partial charge in [0.05, 0.1) is 18.1 Å². The first-order valence-electron chi connectivity index (χ1n) is 5.86. The lowest BCUT2D eigenvalue weighted by molar-refractivity contribution is 0.625. The summed E-state index contributed by atoms with van der Waals surface area (Å²) in [6.07, 6.45) is 3.22. The van der Waals surface area contributed by atoms with E-state index in [0.29, 0.717) is 6.54 Å². The lowest BCUT2D eigenvalue weighted by atomic mass is 10.2. The van der Waals surface area contributed by atoms with Crippen LogP contribution < -0.4 is 5.32 Å². The van der Waals surface area contributed by atoms with Gasteiger partial charge in [0.1, 0.15) is 18.0 Å². The smallest absolute Gasteiger partial charge is 0.163 e. The zero-order valence-corrected chi connectivity index (χ0v) is 10.3. The Morgan fingerprint density at radius 1 is 1.21 bits per heavy atom. The molecule has 1 aromatic carbocycles. The fraction of sp³-hybridized carbons (Fsp3) is 0.154. The second-order valence-corrected chi connectivity index (χ2v) is 4.14. The zero-order valence-electron chi connectivity index (χ0n) is 10.3. The number of nitrogens with zero attached hydrogens (tertiary/aromatic N) is 4. The van der Waals surface area contributed by atoms with Crippen LogP contribution in [0.25, 0.3) is 11.0 Å². The van der Waals surface area contributed by atoms with Gasteiger partial charge in [0.2, 0.25) is 0 Å². The molecule has 0 unspecified atom stereocenters. The molecule has 0 saturated heterocycles. The van der Waals surface area contributed by atoms with E-state index in [0.717, 1.165) is 22.4 Å². The fourth-order valence-electron chi connectivity index (χ4n) is 1.97. The summed E-state index contributed by atoms with van der Waals surface area (Å²) in [7, 11) is 1.80. The summed E-state index contributed by atoms with van der Waals surface area (Å²) in [4.78, 5) is 8.37. The predicted octanol–water partition coefficient (Wildman–Crippen LogP) is 2.06. The maximum Gasteiger partial charge on any atom is 0.163 e. The van der Waals surface area contributed by atoms with E-state index in [4.69, 9.17) is 0 Å². The first-order chi connectivity index (χ1) is 9.28. The minimum atomic E-state index is -0.242. The molecule has 0 aliphatic carbocycles. The average Bonchev–Trinajstić information content (AvgIpc) is 2.84. The maximum atomic E-state index is 12.9. The van der Waals surface area contributed by atoms with E-state index in [2.05, 4.69) is 20.4 Å². The summed E-state index contributed by atoms with van der Waals surface area (Å²) in [6.45, 7) is 0.546. The van der Waals surface area contributed by atoms with Crippen molar-refractivity contribution in [1.82, 2.24) is 19.7 Å². The maximum absolute atomic E-state index is 12.9. The van der Waals surface area contributed by atoms with Gasteiger partial charge in [0.15, 0.2) is 5.65 Å². The molecule has 19 heavy (non-hydrogen) atoms. The van der Waals surface area contributed by atoms with Gasteiger partial charge in [-0.25, -0.2) is 19.0 Å². The number of rotatable bonds is 3. The molecule has 96 valence electrons. The van der Waals surface area contributed by atoms with Gasteiger partial charge in [-0.1, -0.05) is 12.1 Å². The molecule has 3 rings (SSSR count). The quantitative estimate of drug-likeness (QED) is 0.780. The Morgan fingerprint density at radius 3 is 2.74 bits per heavy atom. The summed E-state index contributed by atoms with van der Waals surface area (Å²) in [6, 6.07) is 6.36. The van der Waals surface area contributed by atoms with Gasteiger partial charge in [-0.3, -0.25) is 0 Å². The molecule has 3 aromatic rings. The molecule has 0 atom stereocenters. The van der Waals surface area contributed by atoms with Gasteiger partial charge in [0, 0.05) is 7.05 Å². The van der Waals surface area contributed by atoms with E-state index in [-0.39, 0.29) is 5.82 Å². The van der Waals surface area contributed by atoms with Crippen molar-refractivity contribution in [3.63, 3.8) is 0 Å². The summed E-state index contributed by atoms with van der Waals surface area (Å²) >= 11 is 0. The zero-order chi connectivity index (χ0) is 13.2. The third-order valence-corrected chi connectivity index (χ3v) is 2.92. The minimum absolute atomic E-state index is 0.242. The van der Waals surface area contributed by atoms with Gasteiger partial charge in [0.25, 0.3) is 0 Å². The molecule has 0 fully saturated rings. The highest BCUT2D eigenvalue weighted by Gasteiger charge is 2.08. The van der Waals surface area contributed by atoms with Gasteiger partial charge in [-0.05, 0) is 17.7 Å². The molecule has 0 aliphatic rings. The van der Waals surface area contributed by atoms with E-state index in [9.17, 15) is 4.39 Å². The molecular weight excluding hydrogens is 245 g/mol. The van der Waals surface area contributed by atoms with Crippen LogP contribution in [0.2, 0.25) is 0 Å². The number of benzene rings is 1. The Labute approximate surface area is 109 Å². The third kappa shape index (κ3) is 2.12. The number of halogens is 1. The molecule has 0 amide bonds. The number of aromatic nitrogens is 4. The average molecular weight is 257 g/mol. The predicted molar refractivity (Wildman–Crippen MR) is 70.4 cm³/mol. The Hall–Kier alpha value is -2.50. The largest absolute Gasteiger partial charge is 0.372 e. The van der Waals surface area contributed by atoms with Crippen molar-refractivity contribution in [3.05, 3.63) is 48.2 Å². The summed E-state index contributed by atoms with van der Waals surface area (Å²) in [5, 5.41) is 8.17. The number of hydrogen-bond donors (Lipinski definition) is 1. The standard InChI is InChI=1S/C13H12FN5/c1-15-12-11-6-18-19(13(11)17-8-16-12)7-9-2-4-10(14)5-3-9/h2-6,8H,7H2,1H3,(H,15,16,17). The fourth-order valence-corrected chi connectivity index (χ4v) is 1.97. The molecule has 0 aliphatic heterocycles. The highest BCUT2D eigenvalue weighted by molar-refractivity contribution is 5.85. The van der Waals surface area contributed by atoms with Crippen molar-refractivity contribution in [3.8, 4) is 0 Å². The molecule has 0 radical (unpaired) electrons. The second kappa shape index (κ2) is 4.64. The normalized spacial score (nSPS) is 10.8. The van der Waals surface area contributed by atoms with Gasteiger partial charge >= 0.3 is 0 Å². The third-order valence-electron chi connectivity index (χ3n) is 2.92. The Morgan fingerprint density at radius 2 is 2.00 bits per heavy atom. The molecule has 0 bridgehead atoms. The first kappa shape index (κ1) is 11.6. The summed E-state index contributed by atoms with van der Waals surface area (Å²) < 4.78 is 14.6. The van der Waals surface area contributed by atoms with Crippen LogP contribution >= 0.6 is 0 Å². The minimum Gasteiger partial charge on any atom is -0.372 e. The number of anilines is 1. The highest BCUT2D eigenvalue weighted by Crippen LogP contribution is 2.18. The van der Waals surface area contributed by atoms with Gasteiger partial charge in [-0.15, -0.1) is 0 Å². The summed E-state index contributed by atoms with van der Waals surface area (Å²) in [5.41, 5.74) is 1.72. The SMILES string of the molecule is CNc1ncnc2c1cnn2Cc1ccc(F)cc1. The van der Waals surface area contributed by atoms with Crippen molar-refractivity contribution < 1.29 is 4.39 Å². The molecule has 2 aromatic heterocycles. The van der Waals surface area contributed by atoms with Crippen molar-refractivity contribution in [1.29, 1.82) is 0 Å². The van der Waals surface area contributed by atoms with Crippen LogP contribution in [-0.4, -0.2) is 26.8 Å².